The highest BCUT2D eigenvalue weighted by Crippen LogP contribution is 2.33. The van der Waals surface area contributed by atoms with E-state index in [0.29, 0.717) is 16.3 Å². The Kier molecular flexibility index (Phi) is 3.96. The minimum atomic E-state index is -0.395. The average Bonchev–Trinajstić information content (AvgIpc) is 2.21. The lowest BCUT2D eigenvalue weighted by Gasteiger charge is -2.20. The summed E-state index contributed by atoms with van der Waals surface area (Å²) >= 11 is 6.07. The number of methoxy groups -OCH3 is 1. The van der Waals surface area contributed by atoms with Gasteiger partial charge in [-0.3, -0.25) is 4.90 Å². The first-order valence-electron chi connectivity index (χ1n) is 4.50. The molecule has 0 saturated carbocycles. The van der Waals surface area contributed by atoms with Crippen LogP contribution in [0.1, 0.15) is 11.6 Å². The van der Waals surface area contributed by atoms with Gasteiger partial charge in [0.25, 0.3) is 0 Å². The van der Waals surface area contributed by atoms with Crippen LogP contribution in [0.2, 0.25) is 5.02 Å². The quantitative estimate of drug-likeness (QED) is 0.792. The summed E-state index contributed by atoms with van der Waals surface area (Å²) in [6.07, 6.45) is 0. The summed E-state index contributed by atoms with van der Waals surface area (Å²) in [7, 11) is 5.23. The maximum atomic E-state index is 9.09. The zero-order chi connectivity index (χ0) is 11.4. The third-order valence-electron chi connectivity index (χ3n) is 2.14. The van der Waals surface area contributed by atoms with E-state index in [9.17, 15) is 0 Å². The van der Waals surface area contributed by atoms with Crippen molar-refractivity contribution in [3.63, 3.8) is 0 Å². The maximum Gasteiger partial charge on any atom is 0.128 e. The fraction of sp³-hybridized carbons (Fsp3) is 0.364. The van der Waals surface area contributed by atoms with Crippen LogP contribution in [0.4, 0.5) is 0 Å². The van der Waals surface area contributed by atoms with E-state index in [4.69, 9.17) is 21.6 Å². The molecule has 1 unspecified atom stereocenters. The van der Waals surface area contributed by atoms with Gasteiger partial charge in [0.15, 0.2) is 0 Å². The lowest BCUT2D eigenvalue weighted by atomic mass is 10.1. The largest absolute Gasteiger partial charge is 0.496 e. The van der Waals surface area contributed by atoms with Crippen molar-refractivity contribution in [2.24, 2.45) is 0 Å². The molecule has 0 N–H and O–H groups in total. The second kappa shape index (κ2) is 5.01. The van der Waals surface area contributed by atoms with Crippen molar-refractivity contribution in [3.8, 4) is 11.8 Å². The molecule has 0 radical (unpaired) electrons. The Hall–Kier alpha value is -1.24. The van der Waals surface area contributed by atoms with E-state index >= 15 is 0 Å². The van der Waals surface area contributed by atoms with Gasteiger partial charge < -0.3 is 4.74 Å². The molecule has 0 aliphatic heterocycles. The Balaban J connectivity index is 3.28. The average molecular weight is 225 g/mol. The number of ether oxygens (including phenoxy) is 1. The Bertz CT molecular complexity index is 385. The number of hydrogen-bond donors (Lipinski definition) is 0. The van der Waals surface area contributed by atoms with Gasteiger partial charge in [0.2, 0.25) is 0 Å². The van der Waals surface area contributed by atoms with E-state index in [-0.39, 0.29) is 0 Å². The van der Waals surface area contributed by atoms with Crippen molar-refractivity contribution in [2.75, 3.05) is 21.2 Å². The summed E-state index contributed by atoms with van der Waals surface area (Å²) in [4.78, 5) is 1.80. The highest BCUT2D eigenvalue weighted by Gasteiger charge is 2.20. The van der Waals surface area contributed by atoms with Crippen LogP contribution in [0.15, 0.2) is 18.2 Å². The standard InChI is InChI=1S/C11H13ClN2O/c1-14(2)9(7-13)11-8(12)5-4-6-10(11)15-3/h4-6,9H,1-3H3. The number of rotatable bonds is 3. The number of nitriles is 1. The Morgan fingerprint density at radius 2 is 2.13 bits per heavy atom. The summed E-state index contributed by atoms with van der Waals surface area (Å²) in [5.74, 6) is 0.641. The predicted molar refractivity (Wildman–Crippen MR) is 60.0 cm³/mol. The molecule has 3 nitrogen and oxygen atoms in total. The van der Waals surface area contributed by atoms with Crippen molar-refractivity contribution in [3.05, 3.63) is 28.8 Å². The first-order chi connectivity index (χ1) is 7.11. The minimum Gasteiger partial charge on any atom is -0.496 e. The van der Waals surface area contributed by atoms with Crippen molar-refractivity contribution in [1.29, 1.82) is 5.26 Å². The summed E-state index contributed by atoms with van der Waals surface area (Å²) in [5.41, 5.74) is 0.717. The predicted octanol–water partition coefficient (Wildman–Crippen LogP) is 2.47. The smallest absolute Gasteiger partial charge is 0.128 e. The molecule has 4 heteroatoms. The van der Waals surface area contributed by atoms with E-state index in [1.165, 1.54) is 0 Å². The summed E-state index contributed by atoms with van der Waals surface area (Å²) in [6, 6.07) is 7.16. The molecule has 0 saturated heterocycles. The normalized spacial score (nSPS) is 12.3. The minimum absolute atomic E-state index is 0.395. The molecule has 0 bridgehead atoms. The van der Waals surface area contributed by atoms with E-state index < -0.39 is 6.04 Å². The Labute approximate surface area is 94.8 Å². The zero-order valence-corrected chi connectivity index (χ0v) is 9.75. The van der Waals surface area contributed by atoms with Crippen LogP contribution in [-0.4, -0.2) is 26.1 Å². The molecular formula is C11H13ClN2O. The first kappa shape index (κ1) is 11.8. The fourth-order valence-corrected chi connectivity index (χ4v) is 1.67. The van der Waals surface area contributed by atoms with E-state index in [0.717, 1.165) is 0 Å². The number of nitrogens with zero attached hydrogens (tertiary/aromatic N) is 2. The zero-order valence-electron chi connectivity index (χ0n) is 8.99. The van der Waals surface area contributed by atoms with Gasteiger partial charge in [-0.1, -0.05) is 17.7 Å². The molecule has 0 fully saturated rings. The van der Waals surface area contributed by atoms with Crippen molar-refractivity contribution in [2.45, 2.75) is 6.04 Å². The Morgan fingerprint density at radius 1 is 1.47 bits per heavy atom. The third kappa shape index (κ3) is 2.41. The summed E-state index contributed by atoms with van der Waals surface area (Å²) in [6.45, 7) is 0. The van der Waals surface area contributed by atoms with Gasteiger partial charge in [0.1, 0.15) is 11.8 Å². The highest BCUT2D eigenvalue weighted by atomic mass is 35.5. The topological polar surface area (TPSA) is 36.3 Å². The molecule has 1 aromatic carbocycles. The molecule has 0 spiro atoms. The molecule has 1 aromatic rings. The van der Waals surface area contributed by atoms with Crippen molar-refractivity contribution < 1.29 is 4.74 Å². The number of benzene rings is 1. The van der Waals surface area contributed by atoms with Crippen LogP contribution < -0.4 is 4.74 Å². The lowest BCUT2D eigenvalue weighted by Crippen LogP contribution is -2.19. The van der Waals surface area contributed by atoms with Crippen molar-refractivity contribution >= 4 is 11.6 Å². The van der Waals surface area contributed by atoms with Gasteiger partial charge in [0, 0.05) is 5.56 Å². The number of halogens is 1. The van der Waals surface area contributed by atoms with Crippen LogP contribution in [-0.2, 0) is 0 Å². The molecule has 0 aromatic heterocycles. The van der Waals surface area contributed by atoms with Gasteiger partial charge >= 0.3 is 0 Å². The Morgan fingerprint density at radius 3 is 2.60 bits per heavy atom. The van der Waals surface area contributed by atoms with Crippen LogP contribution in [0, 0.1) is 11.3 Å². The summed E-state index contributed by atoms with van der Waals surface area (Å²) < 4.78 is 5.20. The molecule has 80 valence electrons. The molecule has 15 heavy (non-hydrogen) atoms. The van der Waals surface area contributed by atoms with Crippen molar-refractivity contribution in [1.82, 2.24) is 4.90 Å². The second-order valence-electron chi connectivity index (χ2n) is 3.35. The van der Waals surface area contributed by atoms with Crippen LogP contribution in [0.5, 0.6) is 5.75 Å². The second-order valence-corrected chi connectivity index (χ2v) is 3.76. The van der Waals surface area contributed by atoms with E-state index in [2.05, 4.69) is 6.07 Å². The van der Waals surface area contributed by atoms with Crippen LogP contribution >= 0.6 is 11.6 Å². The van der Waals surface area contributed by atoms with Gasteiger partial charge in [-0.2, -0.15) is 5.26 Å². The number of hydrogen-bond acceptors (Lipinski definition) is 3. The highest BCUT2D eigenvalue weighted by molar-refractivity contribution is 6.31. The molecule has 1 rings (SSSR count). The van der Waals surface area contributed by atoms with Crippen LogP contribution in [0.25, 0.3) is 0 Å². The van der Waals surface area contributed by atoms with E-state index in [1.54, 1.807) is 30.2 Å². The molecule has 0 aliphatic rings. The van der Waals surface area contributed by atoms with E-state index in [1.807, 2.05) is 14.1 Å². The first-order valence-corrected chi connectivity index (χ1v) is 4.88. The molecule has 1 atom stereocenters. The van der Waals surface area contributed by atoms with Gasteiger partial charge in [-0.15, -0.1) is 0 Å². The molecular weight excluding hydrogens is 212 g/mol. The third-order valence-corrected chi connectivity index (χ3v) is 2.47. The summed E-state index contributed by atoms with van der Waals surface area (Å²) in [5, 5.41) is 9.64. The van der Waals surface area contributed by atoms with Gasteiger partial charge in [-0.05, 0) is 26.2 Å². The lowest BCUT2D eigenvalue weighted by molar-refractivity contribution is 0.340. The molecule has 0 heterocycles. The monoisotopic (exact) mass is 224 g/mol. The SMILES string of the molecule is COc1cccc(Cl)c1C(C#N)N(C)C. The maximum absolute atomic E-state index is 9.09. The molecule has 0 aliphatic carbocycles. The molecule has 0 amide bonds. The van der Waals surface area contributed by atoms with Crippen LogP contribution in [0.3, 0.4) is 0 Å². The fourth-order valence-electron chi connectivity index (χ4n) is 1.40. The van der Waals surface area contributed by atoms with Gasteiger partial charge in [-0.25, -0.2) is 0 Å². The van der Waals surface area contributed by atoms with Gasteiger partial charge in [0.05, 0.1) is 18.2 Å².